The first-order valence-electron chi connectivity index (χ1n) is 7.58. The zero-order valence-electron chi connectivity index (χ0n) is 11.8. The maximum Gasteiger partial charge on any atom is 0.140 e. The Balaban J connectivity index is 1.37. The Morgan fingerprint density at radius 1 is 1.38 bits per heavy atom. The minimum Gasteiger partial charge on any atom is -0.366 e. The van der Waals surface area contributed by atoms with Crippen molar-refractivity contribution < 1.29 is 9.13 Å². The first kappa shape index (κ1) is 13.2. The standard InChI is InChI=1S/C15H19FN4O/c16-11-7-20(10-2-1-3-10)8-14(11)21-9-15-18-12-4-5-17-6-13(12)19-15/h4-6,10-11,14H,1-3,7-9H2,(H,18,19)/t11-,14+/m1/s1. The van der Waals surface area contributed by atoms with Gasteiger partial charge in [-0.3, -0.25) is 9.88 Å². The van der Waals surface area contributed by atoms with Crippen molar-refractivity contribution in [3.05, 3.63) is 24.3 Å². The van der Waals surface area contributed by atoms with Crippen molar-refractivity contribution in [2.24, 2.45) is 0 Å². The summed E-state index contributed by atoms with van der Waals surface area (Å²) >= 11 is 0. The number of fused-ring (bicyclic) bond motifs is 1. The van der Waals surface area contributed by atoms with Gasteiger partial charge in [0, 0.05) is 25.3 Å². The van der Waals surface area contributed by atoms with Crippen LogP contribution in [0, 0.1) is 0 Å². The van der Waals surface area contributed by atoms with E-state index in [1.165, 1.54) is 19.3 Å². The molecule has 21 heavy (non-hydrogen) atoms. The van der Waals surface area contributed by atoms with Gasteiger partial charge in [-0.15, -0.1) is 0 Å². The molecule has 5 nitrogen and oxygen atoms in total. The van der Waals surface area contributed by atoms with E-state index in [1.54, 1.807) is 12.4 Å². The highest BCUT2D eigenvalue weighted by molar-refractivity contribution is 5.73. The van der Waals surface area contributed by atoms with E-state index in [-0.39, 0.29) is 6.10 Å². The lowest BCUT2D eigenvalue weighted by atomic mass is 9.92. The molecule has 0 unspecified atom stereocenters. The first-order valence-corrected chi connectivity index (χ1v) is 7.58. The number of nitrogens with zero attached hydrogens (tertiary/aromatic N) is 3. The van der Waals surface area contributed by atoms with Gasteiger partial charge >= 0.3 is 0 Å². The van der Waals surface area contributed by atoms with E-state index in [0.717, 1.165) is 16.9 Å². The lowest BCUT2D eigenvalue weighted by Gasteiger charge is -2.34. The minimum absolute atomic E-state index is 0.318. The molecule has 1 N–H and O–H groups in total. The van der Waals surface area contributed by atoms with Crippen LogP contribution in [0.25, 0.3) is 11.0 Å². The molecule has 112 valence electrons. The molecule has 4 rings (SSSR count). The Morgan fingerprint density at radius 2 is 2.29 bits per heavy atom. The largest absolute Gasteiger partial charge is 0.366 e. The molecule has 1 aliphatic heterocycles. The number of hydrogen-bond acceptors (Lipinski definition) is 4. The number of rotatable bonds is 4. The van der Waals surface area contributed by atoms with E-state index in [9.17, 15) is 4.39 Å². The van der Waals surface area contributed by atoms with E-state index >= 15 is 0 Å². The fourth-order valence-corrected chi connectivity index (χ4v) is 3.13. The fraction of sp³-hybridized carbons (Fsp3) is 0.600. The molecule has 0 spiro atoms. The number of aromatic nitrogens is 3. The molecule has 6 heteroatoms. The average Bonchev–Trinajstić information content (AvgIpc) is 2.98. The Labute approximate surface area is 122 Å². The zero-order chi connectivity index (χ0) is 14.2. The summed E-state index contributed by atoms with van der Waals surface area (Å²) < 4.78 is 19.8. The van der Waals surface area contributed by atoms with Crippen molar-refractivity contribution in [2.45, 2.75) is 44.2 Å². The molecule has 3 heterocycles. The Kier molecular flexibility index (Phi) is 3.35. The molecule has 0 bridgehead atoms. The van der Waals surface area contributed by atoms with Crippen molar-refractivity contribution in [3.8, 4) is 0 Å². The number of hydrogen-bond donors (Lipinski definition) is 1. The SMILES string of the molecule is F[C@@H]1CN(C2CCC2)C[C@@H]1OCc1nc2ccncc2[nH]1. The monoisotopic (exact) mass is 290 g/mol. The number of imidazole rings is 1. The second-order valence-electron chi connectivity index (χ2n) is 5.98. The number of likely N-dealkylation sites (tertiary alicyclic amines) is 1. The highest BCUT2D eigenvalue weighted by atomic mass is 19.1. The molecule has 2 aromatic rings. The van der Waals surface area contributed by atoms with E-state index in [4.69, 9.17) is 4.74 Å². The highest BCUT2D eigenvalue weighted by Gasteiger charge is 2.38. The number of aromatic amines is 1. The molecule has 0 amide bonds. The maximum atomic E-state index is 14.1. The predicted octanol–water partition coefficient (Wildman–Crippen LogP) is 2.05. The van der Waals surface area contributed by atoms with E-state index in [0.29, 0.717) is 25.7 Å². The number of pyridine rings is 1. The van der Waals surface area contributed by atoms with Gasteiger partial charge in [-0.25, -0.2) is 9.37 Å². The molecule has 0 radical (unpaired) electrons. The van der Waals surface area contributed by atoms with Gasteiger partial charge in [-0.05, 0) is 18.9 Å². The molecule has 0 aromatic carbocycles. The van der Waals surface area contributed by atoms with Gasteiger partial charge in [0.2, 0.25) is 0 Å². The number of alkyl halides is 1. The quantitative estimate of drug-likeness (QED) is 0.936. The van der Waals surface area contributed by atoms with Crippen LogP contribution in [0.15, 0.2) is 18.5 Å². The van der Waals surface area contributed by atoms with Crippen LogP contribution in [0.1, 0.15) is 25.1 Å². The van der Waals surface area contributed by atoms with Crippen molar-refractivity contribution >= 4 is 11.0 Å². The third-order valence-electron chi connectivity index (χ3n) is 4.58. The summed E-state index contributed by atoms with van der Waals surface area (Å²) in [6.07, 6.45) is 5.90. The number of H-pyrrole nitrogens is 1. The predicted molar refractivity (Wildman–Crippen MR) is 76.6 cm³/mol. The number of halogens is 1. The van der Waals surface area contributed by atoms with Gasteiger partial charge in [-0.2, -0.15) is 0 Å². The molecule has 2 atom stereocenters. The highest BCUT2D eigenvalue weighted by Crippen LogP contribution is 2.30. The topological polar surface area (TPSA) is 54.0 Å². The summed E-state index contributed by atoms with van der Waals surface area (Å²) in [5.74, 6) is 0.729. The second kappa shape index (κ2) is 5.35. The van der Waals surface area contributed by atoms with Crippen LogP contribution in [0.2, 0.25) is 0 Å². The Morgan fingerprint density at radius 3 is 3.05 bits per heavy atom. The van der Waals surface area contributed by atoms with Gasteiger partial charge in [0.25, 0.3) is 0 Å². The van der Waals surface area contributed by atoms with E-state index in [2.05, 4.69) is 19.9 Å². The van der Waals surface area contributed by atoms with Crippen molar-refractivity contribution in [3.63, 3.8) is 0 Å². The van der Waals surface area contributed by atoms with Crippen LogP contribution in [0.5, 0.6) is 0 Å². The number of nitrogens with one attached hydrogen (secondary N) is 1. The molecular formula is C15H19FN4O. The van der Waals surface area contributed by atoms with Gasteiger partial charge in [0.15, 0.2) is 0 Å². The number of ether oxygens (including phenoxy) is 1. The lowest BCUT2D eigenvalue weighted by Crippen LogP contribution is -2.39. The fourth-order valence-electron chi connectivity index (χ4n) is 3.13. The first-order chi connectivity index (χ1) is 10.3. The zero-order valence-corrected chi connectivity index (χ0v) is 11.8. The second-order valence-corrected chi connectivity index (χ2v) is 5.98. The van der Waals surface area contributed by atoms with Crippen molar-refractivity contribution in [1.82, 2.24) is 19.9 Å². The Bertz CT molecular complexity index is 594. The normalized spacial score (nSPS) is 27.3. The summed E-state index contributed by atoms with van der Waals surface area (Å²) in [6.45, 7) is 1.53. The van der Waals surface area contributed by atoms with Crippen LogP contribution in [-0.2, 0) is 11.3 Å². The molecular weight excluding hydrogens is 271 g/mol. The average molecular weight is 290 g/mol. The molecule has 1 saturated carbocycles. The smallest absolute Gasteiger partial charge is 0.140 e. The summed E-state index contributed by atoms with van der Waals surface area (Å²) in [5.41, 5.74) is 1.75. The summed E-state index contributed by atoms with van der Waals surface area (Å²) in [4.78, 5) is 13.9. The van der Waals surface area contributed by atoms with Crippen LogP contribution < -0.4 is 0 Å². The van der Waals surface area contributed by atoms with Gasteiger partial charge in [0.1, 0.15) is 24.7 Å². The van der Waals surface area contributed by atoms with Crippen LogP contribution in [0.4, 0.5) is 4.39 Å². The van der Waals surface area contributed by atoms with Crippen molar-refractivity contribution in [1.29, 1.82) is 0 Å². The molecule has 2 aromatic heterocycles. The third kappa shape index (κ3) is 2.53. The van der Waals surface area contributed by atoms with Gasteiger partial charge in [-0.1, -0.05) is 6.42 Å². The summed E-state index contributed by atoms with van der Waals surface area (Å²) in [6, 6.07) is 2.43. The van der Waals surface area contributed by atoms with Crippen LogP contribution in [0.3, 0.4) is 0 Å². The third-order valence-corrected chi connectivity index (χ3v) is 4.58. The summed E-state index contributed by atoms with van der Waals surface area (Å²) in [7, 11) is 0. The Hall–Kier alpha value is -1.53. The van der Waals surface area contributed by atoms with Gasteiger partial charge < -0.3 is 9.72 Å². The lowest BCUT2D eigenvalue weighted by molar-refractivity contribution is 0.00648. The summed E-state index contributed by atoms with van der Waals surface area (Å²) in [5, 5.41) is 0. The molecule has 1 saturated heterocycles. The van der Waals surface area contributed by atoms with E-state index < -0.39 is 6.17 Å². The van der Waals surface area contributed by atoms with Crippen molar-refractivity contribution in [2.75, 3.05) is 13.1 Å². The van der Waals surface area contributed by atoms with Crippen LogP contribution in [-0.4, -0.2) is 51.3 Å². The molecule has 2 fully saturated rings. The molecule has 1 aliphatic carbocycles. The minimum atomic E-state index is -0.892. The van der Waals surface area contributed by atoms with E-state index in [1.807, 2.05) is 6.07 Å². The maximum absolute atomic E-state index is 14.1. The molecule has 2 aliphatic rings. The van der Waals surface area contributed by atoms with Gasteiger partial charge in [0.05, 0.1) is 17.2 Å². The van der Waals surface area contributed by atoms with Crippen LogP contribution >= 0.6 is 0 Å².